The van der Waals surface area contributed by atoms with Crippen molar-refractivity contribution >= 4 is 11.5 Å². The number of nitrogens with one attached hydrogen (secondary N) is 1. The lowest BCUT2D eigenvalue weighted by atomic mass is 9.92. The van der Waals surface area contributed by atoms with Crippen LogP contribution < -0.4 is 5.43 Å². The van der Waals surface area contributed by atoms with Crippen LogP contribution in [0.2, 0.25) is 0 Å². The van der Waals surface area contributed by atoms with Crippen molar-refractivity contribution in [1.82, 2.24) is 4.98 Å². The van der Waals surface area contributed by atoms with Crippen molar-refractivity contribution in [1.29, 1.82) is 0 Å². The van der Waals surface area contributed by atoms with Crippen molar-refractivity contribution in [3.05, 3.63) is 39.8 Å². The van der Waals surface area contributed by atoms with Gasteiger partial charge in [-0.2, -0.15) is 0 Å². The van der Waals surface area contributed by atoms with Crippen molar-refractivity contribution in [3.8, 4) is 0 Å². The fourth-order valence-electron chi connectivity index (χ4n) is 1.99. The van der Waals surface area contributed by atoms with Crippen LogP contribution in [-0.2, 0) is 4.74 Å². The van der Waals surface area contributed by atoms with Gasteiger partial charge < -0.3 is 9.72 Å². The summed E-state index contributed by atoms with van der Waals surface area (Å²) in [6.45, 7) is 0. The van der Waals surface area contributed by atoms with E-state index in [1.807, 2.05) is 0 Å². The number of rotatable bonds is 2. The van der Waals surface area contributed by atoms with Crippen LogP contribution in [0.15, 0.2) is 23.1 Å². The largest absolute Gasteiger partial charge is 0.464 e. The molecule has 0 aromatic carbocycles. The van der Waals surface area contributed by atoms with Crippen molar-refractivity contribution in [3.63, 3.8) is 0 Å². The Balaban J connectivity index is 2.30. The maximum Gasteiger partial charge on any atom is 0.354 e. The number of H-pyrrole nitrogens is 1. The molecule has 0 unspecified atom stereocenters. The molecular formula is C13H13F2NO3. The number of alkyl halides is 2. The van der Waals surface area contributed by atoms with E-state index in [2.05, 4.69) is 9.72 Å². The van der Waals surface area contributed by atoms with Crippen molar-refractivity contribution < 1.29 is 18.3 Å². The van der Waals surface area contributed by atoms with E-state index < -0.39 is 11.9 Å². The maximum atomic E-state index is 13.0. The quantitative estimate of drug-likeness (QED) is 0.838. The molecular weight excluding hydrogens is 256 g/mol. The fraction of sp³-hybridized carbons (Fsp3) is 0.385. The predicted molar refractivity (Wildman–Crippen MR) is 65.2 cm³/mol. The van der Waals surface area contributed by atoms with Gasteiger partial charge in [-0.25, -0.2) is 13.6 Å². The maximum absolute atomic E-state index is 13.0. The second-order valence-electron chi connectivity index (χ2n) is 4.41. The van der Waals surface area contributed by atoms with E-state index in [-0.39, 0.29) is 30.4 Å². The van der Waals surface area contributed by atoms with Crippen LogP contribution in [0.3, 0.4) is 0 Å². The van der Waals surface area contributed by atoms with Crippen LogP contribution in [-0.4, -0.2) is 24.0 Å². The van der Waals surface area contributed by atoms with E-state index in [4.69, 9.17) is 0 Å². The summed E-state index contributed by atoms with van der Waals surface area (Å²) in [6, 6.07) is 1.12. The molecule has 0 aliphatic heterocycles. The Morgan fingerprint density at radius 1 is 1.47 bits per heavy atom. The number of ether oxygens (including phenoxy) is 1. The van der Waals surface area contributed by atoms with Gasteiger partial charge in [-0.3, -0.25) is 4.79 Å². The summed E-state index contributed by atoms with van der Waals surface area (Å²) in [5.41, 5.74) is 0.570. The zero-order valence-electron chi connectivity index (χ0n) is 10.3. The number of aromatic nitrogens is 1. The minimum atomic E-state index is -2.69. The second kappa shape index (κ2) is 4.95. The Kier molecular flexibility index (Phi) is 3.50. The Morgan fingerprint density at radius 2 is 2.21 bits per heavy atom. The molecule has 0 radical (unpaired) electrons. The lowest BCUT2D eigenvalue weighted by Crippen LogP contribution is -2.20. The topological polar surface area (TPSA) is 59.2 Å². The third-order valence-electron chi connectivity index (χ3n) is 3.07. The number of carbonyl (C=O) groups excluding carboxylic acids is 1. The Labute approximate surface area is 108 Å². The summed E-state index contributed by atoms with van der Waals surface area (Å²) < 4.78 is 30.5. The van der Waals surface area contributed by atoms with Crippen LogP contribution in [0.25, 0.3) is 5.57 Å². The van der Waals surface area contributed by atoms with E-state index in [1.165, 1.54) is 19.4 Å². The molecule has 102 valence electrons. The molecule has 0 bridgehead atoms. The summed E-state index contributed by atoms with van der Waals surface area (Å²) in [7, 11) is 1.21. The number of methoxy groups -OCH3 is 1. The van der Waals surface area contributed by atoms with Crippen LogP contribution in [0.1, 0.15) is 35.3 Å². The first kappa shape index (κ1) is 13.5. The lowest BCUT2D eigenvalue weighted by Gasteiger charge is -2.21. The van der Waals surface area contributed by atoms with E-state index in [9.17, 15) is 18.4 Å². The van der Waals surface area contributed by atoms with E-state index in [1.54, 1.807) is 0 Å². The van der Waals surface area contributed by atoms with Gasteiger partial charge >= 0.3 is 5.97 Å². The molecule has 0 fully saturated rings. The summed E-state index contributed by atoms with van der Waals surface area (Å²) in [6.07, 6.45) is 2.26. The van der Waals surface area contributed by atoms with Crippen LogP contribution in [0.4, 0.5) is 8.78 Å². The lowest BCUT2D eigenvalue weighted by molar-refractivity contribution is -0.00604. The molecule has 19 heavy (non-hydrogen) atoms. The van der Waals surface area contributed by atoms with Gasteiger partial charge in [0.1, 0.15) is 5.69 Å². The fourth-order valence-corrected chi connectivity index (χ4v) is 1.99. The van der Waals surface area contributed by atoms with Gasteiger partial charge in [0.2, 0.25) is 0 Å². The highest BCUT2D eigenvalue weighted by Gasteiger charge is 2.31. The molecule has 1 aliphatic carbocycles. The molecule has 0 amide bonds. The number of hydrogen-bond donors (Lipinski definition) is 1. The normalized spacial score (nSPS) is 17.7. The predicted octanol–water partition coefficient (Wildman–Crippen LogP) is 2.36. The summed E-state index contributed by atoms with van der Waals surface area (Å²) in [5, 5.41) is 0. The monoisotopic (exact) mass is 269 g/mol. The molecule has 0 saturated carbocycles. The first-order valence-corrected chi connectivity index (χ1v) is 5.81. The Bertz CT molecular complexity index is 590. The first-order valence-electron chi connectivity index (χ1n) is 5.81. The molecule has 0 atom stereocenters. The van der Waals surface area contributed by atoms with Crippen molar-refractivity contribution in [2.24, 2.45) is 0 Å². The first-order chi connectivity index (χ1) is 8.93. The van der Waals surface area contributed by atoms with Gasteiger partial charge in [0.15, 0.2) is 5.43 Å². The molecule has 1 aromatic heterocycles. The number of pyridine rings is 1. The smallest absolute Gasteiger partial charge is 0.354 e. The highest BCUT2D eigenvalue weighted by Crippen LogP contribution is 2.35. The number of allylic oxidation sites excluding steroid dienone is 2. The van der Waals surface area contributed by atoms with Gasteiger partial charge in [0.25, 0.3) is 5.92 Å². The zero-order chi connectivity index (χ0) is 14.0. The SMILES string of the molecule is COC(=O)c1cc(=O)c(C2=CCC(F)(F)CC2)c[nH]1. The van der Waals surface area contributed by atoms with E-state index in [0.29, 0.717) is 11.1 Å². The average Bonchev–Trinajstić information content (AvgIpc) is 2.38. The van der Waals surface area contributed by atoms with Gasteiger partial charge in [0.05, 0.1) is 7.11 Å². The average molecular weight is 269 g/mol. The summed E-state index contributed by atoms with van der Waals surface area (Å²) in [5.74, 6) is -3.34. The van der Waals surface area contributed by atoms with Gasteiger partial charge in [0, 0.05) is 30.7 Å². The number of esters is 1. The number of carbonyl (C=O) groups is 1. The molecule has 4 nitrogen and oxygen atoms in total. The number of hydrogen-bond acceptors (Lipinski definition) is 3. The summed E-state index contributed by atoms with van der Waals surface area (Å²) in [4.78, 5) is 25.7. The molecule has 2 rings (SSSR count). The number of halogens is 2. The van der Waals surface area contributed by atoms with Gasteiger partial charge in [-0.1, -0.05) is 6.08 Å². The molecule has 6 heteroatoms. The number of aromatic amines is 1. The van der Waals surface area contributed by atoms with E-state index >= 15 is 0 Å². The van der Waals surface area contributed by atoms with Crippen molar-refractivity contribution in [2.45, 2.75) is 25.2 Å². The van der Waals surface area contributed by atoms with Crippen molar-refractivity contribution in [2.75, 3.05) is 7.11 Å². The summed E-state index contributed by atoms with van der Waals surface area (Å²) >= 11 is 0. The van der Waals surface area contributed by atoms with Crippen LogP contribution >= 0.6 is 0 Å². The van der Waals surface area contributed by atoms with Gasteiger partial charge in [-0.15, -0.1) is 0 Å². The van der Waals surface area contributed by atoms with Crippen LogP contribution in [0, 0.1) is 0 Å². The van der Waals surface area contributed by atoms with Crippen LogP contribution in [0.5, 0.6) is 0 Å². The highest BCUT2D eigenvalue weighted by atomic mass is 19.3. The molecule has 1 N–H and O–H groups in total. The third-order valence-corrected chi connectivity index (χ3v) is 3.07. The molecule has 1 heterocycles. The van der Waals surface area contributed by atoms with Gasteiger partial charge in [-0.05, 0) is 12.0 Å². The Morgan fingerprint density at radius 3 is 2.74 bits per heavy atom. The third kappa shape index (κ3) is 2.89. The highest BCUT2D eigenvalue weighted by molar-refractivity contribution is 5.87. The minimum absolute atomic E-state index is 0.0398. The molecule has 0 spiro atoms. The molecule has 1 aromatic rings. The minimum Gasteiger partial charge on any atom is -0.464 e. The standard InChI is InChI=1S/C13H13F2NO3/c1-19-12(18)10-6-11(17)9(7-16-10)8-2-4-13(14,15)5-3-8/h2,6-7H,3-5H2,1H3,(H,16,17). The Hall–Kier alpha value is -1.98. The molecule has 1 aliphatic rings. The molecule has 0 saturated heterocycles. The second-order valence-corrected chi connectivity index (χ2v) is 4.41. The van der Waals surface area contributed by atoms with E-state index in [0.717, 1.165) is 6.07 Å². The zero-order valence-corrected chi connectivity index (χ0v) is 10.3.